The van der Waals surface area contributed by atoms with Crippen LogP contribution in [-0.2, 0) is 0 Å². The maximum atomic E-state index is 5.99. The van der Waals surface area contributed by atoms with E-state index in [1.165, 1.54) is 18.4 Å². The molecule has 1 heterocycles. The van der Waals surface area contributed by atoms with Crippen molar-refractivity contribution < 1.29 is 0 Å². The molecule has 2 aromatic rings. The van der Waals surface area contributed by atoms with Crippen LogP contribution >= 0.6 is 11.6 Å². The summed E-state index contributed by atoms with van der Waals surface area (Å²) >= 11 is 5.99. The molecule has 0 amide bonds. The number of hydrogen-bond acceptors (Lipinski definition) is 2. The number of H-pyrrole nitrogens is 1. The Morgan fingerprint density at radius 2 is 2.10 bits per heavy atom. The van der Waals surface area contributed by atoms with Crippen molar-refractivity contribution in [3.05, 3.63) is 53.1 Å². The number of hydrogen-bond donors (Lipinski definition) is 2. The maximum absolute atomic E-state index is 5.99. The van der Waals surface area contributed by atoms with E-state index >= 15 is 0 Å². The summed E-state index contributed by atoms with van der Waals surface area (Å²) in [5, 5.41) is 4.56. The summed E-state index contributed by atoms with van der Waals surface area (Å²) in [6, 6.07) is 8.87. The van der Waals surface area contributed by atoms with Crippen molar-refractivity contribution in [1.82, 2.24) is 15.3 Å². The number of aromatic amines is 1. The smallest absolute Gasteiger partial charge is 0.123 e. The Hall–Kier alpha value is -1.32. The number of nitrogens with one attached hydrogen (secondary N) is 2. The molecule has 1 fully saturated rings. The Kier molecular flexibility index (Phi) is 4.08. The fourth-order valence-electron chi connectivity index (χ4n) is 2.68. The summed E-state index contributed by atoms with van der Waals surface area (Å²) in [7, 11) is 0. The number of aromatic nitrogens is 2. The second kappa shape index (κ2) is 5.98. The van der Waals surface area contributed by atoms with E-state index in [9.17, 15) is 0 Å². The van der Waals surface area contributed by atoms with Crippen LogP contribution in [0.25, 0.3) is 0 Å². The monoisotopic (exact) mass is 289 g/mol. The molecular formula is C16H20ClN3. The minimum atomic E-state index is 0.270. The summed E-state index contributed by atoms with van der Waals surface area (Å²) in [4.78, 5) is 7.61. The lowest BCUT2D eigenvalue weighted by Gasteiger charge is -2.24. The van der Waals surface area contributed by atoms with Crippen LogP contribution in [0.5, 0.6) is 0 Å². The molecule has 0 saturated heterocycles. The molecule has 0 spiro atoms. The van der Waals surface area contributed by atoms with Crippen molar-refractivity contribution in [2.24, 2.45) is 5.92 Å². The number of benzene rings is 1. The van der Waals surface area contributed by atoms with Crippen molar-refractivity contribution in [3.63, 3.8) is 0 Å². The van der Waals surface area contributed by atoms with Gasteiger partial charge in [0.15, 0.2) is 0 Å². The predicted octanol–water partition coefficient (Wildman–Crippen LogP) is 4.26. The summed E-state index contributed by atoms with van der Waals surface area (Å²) < 4.78 is 0. The fourth-order valence-corrected chi connectivity index (χ4v) is 2.81. The van der Waals surface area contributed by atoms with E-state index in [-0.39, 0.29) is 6.04 Å². The number of halogens is 1. The highest BCUT2D eigenvalue weighted by Gasteiger charge is 2.33. The normalized spacial score (nSPS) is 17.9. The van der Waals surface area contributed by atoms with Crippen LogP contribution < -0.4 is 5.32 Å². The Bertz CT molecular complexity index is 531. The standard InChI is InChI=1S/C16H20ClN3/c1-2-14(16-18-9-10-19-16)20-15(11-3-4-11)12-5-7-13(17)8-6-12/h5-11,14-15,20H,2-4H2,1H3,(H,18,19). The van der Waals surface area contributed by atoms with E-state index in [0.29, 0.717) is 6.04 Å². The third-order valence-electron chi connectivity index (χ3n) is 3.96. The van der Waals surface area contributed by atoms with E-state index in [1.807, 2.05) is 24.5 Å². The van der Waals surface area contributed by atoms with Crippen molar-refractivity contribution >= 4 is 11.6 Å². The molecule has 2 unspecified atom stereocenters. The lowest BCUT2D eigenvalue weighted by molar-refractivity contribution is 0.391. The first-order valence-corrected chi connectivity index (χ1v) is 7.66. The quantitative estimate of drug-likeness (QED) is 0.834. The average molecular weight is 290 g/mol. The molecule has 3 nitrogen and oxygen atoms in total. The largest absolute Gasteiger partial charge is 0.347 e. The molecule has 3 rings (SSSR count). The van der Waals surface area contributed by atoms with Crippen LogP contribution in [0.15, 0.2) is 36.7 Å². The van der Waals surface area contributed by atoms with Gasteiger partial charge in [0.2, 0.25) is 0 Å². The van der Waals surface area contributed by atoms with Crippen molar-refractivity contribution in [2.45, 2.75) is 38.3 Å². The van der Waals surface area contributed by atoms with Gasteiger partial charge in [-0.05, 0) is 42.9 Å². The molecule has 0 bridgehead atoms. The van der Waals surface area contributed by atoms with Crippen LogP contribution in [-0.4, -0.2) is 9.97 Å². The fraction of sp³-hybridized carbons (Fsp3) is 0.438. The molecule has 106 valence electrons. The van der Waals surface area contributed by atoms with Crippen LogP contribution in [0.2, 0.25) is 5.02 Å². The van der Waals surface area contributed by atoms with E-state index in [4.69, 9.17) is 11.6 Å². The first-order valence-electron chi connectivity index (χ1n) is 7.28. The molecule has 2 atom stereocenters. The highest BCUT2D eigenvalue weighted by molar-refractivity contribution is 6.30. The number of rotatable bonds is 6. The summed E-state index contributed by atoms with van der Waals surface area (Å²) in [6.45, 7) is 2.19. The van der Waals surface area contributed by atoms with Crippen LogP contribution in [0.3, 0.4) is 0 Å². The van der Waals surface area contributed by atoms with Gasteiger partial charge in [-0.15, -0.1) is 0 Å². The summed E-state index contributed by atoms with van der Waals surface area (Å²) in [5.74, 6) is 1.76. The second-order valence-corrected chi connectivity index (χ2v) is 5.91. The average Bonchev–Trinajstić information content (AvgIpc) is 3.16. The summed E-state index contributed by atoms with van der Waals surface area (Å²) in [6.07, 6.45) is 7.32. The van der Waals surface area contributed by atoms with Gasteiger partial charge >= 0.3 is 0 Å². The Morgan fingerprint density at radius 3 is 2.65 bits per heavy atom. The van der Waals surface area contributed by atoms with E-state index < -0.39 is 0 Å². The SMILES string of the molecule is CCC(NC(c1ccc(Cl)cc1)C1CC1)c1ncc[nH]1. The lowest BCUT2D eigenvalue weighted by atomic mass is 10.0. The molecule has 0 aliphatic heterocycles. The van der Waals surface area contributed by atoms with Crippen molar-refractivity contribution in [2.75, 3.05) is 0 Å². The third-order valence-corrected chi connectivity index (χ3v) is 4.21. The van der Waals surface area contributed by atoms with Crippen molar-refractivity contribution in [1.29, 1.82) is 0 Å². The Labute approximate surface area is 124 Å². The molecule has 1 aliphatic carbocycles. The second-order valence-electron chi connectivity index (χ2n) is 5.47. The first-order chi connectivity index (χ1) is 9.78. The van der Waals surface area contributed by atoms with E-state index in [1.54, 1.807) is 0 Å². The molecular weight excluding hydrogens is 270 g/mol. The first kappa shape index (κ1) is 13.7. The minimum absolute atomic E-state index is 0.270. The van der Waals surface area contributed by atoms with Crippen LogP contribution in [0.1, 0.15) is 49.7 Å². The van der Waals surface area contributed by atoms with Gasteiger partial charge in [-0.1, -0.05) is 30.7 Å². The summed E-state index contributed by atoms with van der Waals surface area (Å²) in [5.41, 5.74) is 1.32. The zero-order valence-electron chi connectivity index (χ0n) is 11.6. The highest BCUT2D eigenvalue weighted by Crippen LogP contribution is 2.42. The number of imidazole rings is 1. The minimum Gasteiger partial charge on any atom is -0.347 e. The van der Waals surface area contributed by atoms with Crippen molar-refractivity contribution in [3.8, 4) is 0 Å². The van der Waals surface area contributed by atoms with Gasteiger partial charge in [0, 0.05) is 23.5 Å². The maximum Gasteiger partial charge on any atom is 0.123 e. The number of nitrogens with zero attached hydrogens (tertiary/aromatic N) is 1. The van der Waals surface area contributed by atoms with Crippen LogP contribution in [0.4, 0.5) is 0 Å². The Balaban J connectivity index is 1.79. The molecule has 4 heteroatoms. The molecule has 0 radical (unpaired) electrons. The van der Waals surface area contributed by atoms with E-state index in [2.05, 4.69) is 34.3 Å². The van der Waals surface area contributed by atoms with Gasteiger partial charge in [-0.3, -0.25) is 0 Å². The van der Waals surface area contributed by atoms with E-state index in [0.717, 1.165) is 23.2 Å². The van der Waals surface area contributed by atoms with Gasteiger partial charge in [0.05, 0.1) is 6.04 Å². The third kappa shape index (κ3) is 3.05. The molecule has 1 aromatic carbocycles. The molecule has 2 N–H and O–H groups in total. The molecule has 1 saturated carbocycles. The zero-order valence-corrected chi connectivity index (χ0v) is 12.4. The predicted molar refractivity (Wildman–Crippen MR) is 81.7 cm³/mol. The molecule has 1 aromatic heterocycles. The van der Waals surface area contributed by atoms with Gasteiger partial charge < -0.3 is 10.3 Å². The van der Waals surface area contributed by atoms with Gasteiger partial charge in [0.25, 0.3) is 0 Å². The topological polar surface area (TPSA) is 40.7 Å². The zero-order chi connectivity index (χ0) is 13.9. The van der Waals surface area contributed by atoms with Gasteiger partial charge in [-0.25, -0.2) is 4.98 Å². The molecule has 1 aliphatic rings. The highest BCUT2D eigenvalue weighted by atomic mass is 35.5. The molecule has 20 heavy (non-hydrogen) atoms. The van der Waals surface area contributed by atoms with Gasteiger partial charge in [0.1, 0.15) is 5.82 Å². The lowest BCUT2D eigenvalue weighted by Crippen LogP contribution is -2.28. The Morgan fingerprint density at radius 1 is 1.35 bits per heavy atom. The van der Waals surface area contributed by atoms with Crippen LogP contribution in [0, 0.1) is 5.92 Å². The van der Waals surface area contributed by atoms with Gasteiger partial charge in [-0.2, -0.15) is 0 Å².